The lowest BCUT2D eigenvalue weighted by Crippen LogP contribution is -2.55. The molecule has 0 spiro atoms. The number of hydrogen-bond donors (Lipinski definition) is 2. The second kappa shape index (κ2) is 7.84. The summed E-state index contributed by atoms with van der Waals surface area (Å²) in [7, 11) is 0. The van der Waals surface area contributed by atoms with Gasteiger partial charge in [0, 0.05) is 24.2 Å². The number of nitrogens with zero attached hydrogens (tertiary/aromatic N) is 1. The van der Waals surface area contributed by atoms with Gasteiger partial charge in [-0.3, -0.25) is 0 Å². The van der Waals surface area contributed by atoms with Crippen molar-refractivity contribution >= 4 is 6.09 Å². The Morgan fingerprint density at radius 2 is 1.70 bits per heavy atom. The summed E-state index contributed by atoms with van der Waals surface area (Å²) in [5.74, 6) is 0. The topological polar surface area (TPSA) is 61.8 Å². The smallest absolute Gasteiger partial charge is 0.410 e. The molecule has 1 fully saturated rings. The van der Waals surface area contributed by atoms with Gasteiger partial charge in [-0.25, -0.2) is 4.79 Å². The molecule has 0 atom stereocenters. The summed E-state index contributed by atoms with van der Waals surface area (Å²) in [5, 5.41) is 13.3. The van der Waals surface area contributed by atoms with Gasteiger partial charge in [0.05, 0.1) is 6.61 Å². The second-order valence-electron chi connectivity index (χ2n) is 8.73. The molecule has 0 bridgehead atoms. The van der Waals surface area contributed by atoms with E-state index in [-0.39, 0.29) is 23.8 Å². The summed E-state index contributed by atoms with van der Waals surface area (Å²) in [6.07, 6.45) is 5.28. The highest BCUT2D eigenvalue weighted by atomic mass is 16.6. The average Bonchev–Trinajstić information content (AvgIpc) is 2.41. The van der Waals surface area contributed by atoms with E-state index in [1.54, 1.807) is 4.90 Å². The molecule has 136 valence electrons. The summed E-state index contributed by atoms with van der Waals surface area (Å²) in [6.45, 7) is 13.1. The van der Waals surface area contributed by atoms with E-state index in [1.807, 2.05) is 41.5 Å². The average molecular weight is 328 g/mol. The zero-order valence-corrected chi connectivity index (χ0v) is 15.9. The van der Waals surface area contributed by atoms with Crippen LogP contribution in [0.3, 0.4) is 0 Å². The third-order valence-corrected chi connectivity index (χ3v) is 4.37. The summed E-state index contributed by atoms with van der Waals surface area (Å²) in [4.78, 5) is 14.2. The van der Waals surface area contributed by atoms with E-state index in [0.29, 0.717) is 13.1 Å². The van der Waals surface area contributed by atoms with Crippen LogP contribution in [-0.2, 0) is 4.74 Å². The normalized spacial score (nSPS) is 18.6. The fraction of sp³-hybridized carbons (Fsp3) is 0.944. The minimum absolute atomic E-state index is 0.162. The van der Waals surface area contributed by atoms with Crippen LogP contribution >= 0.6 is 0 Å². The summed E-state index contributed by atoms with van der Waals surface area (Å²) >= 11 is 0. The monoisotopic (exact) mass is 328 g/mol. The number of amides is 1. The van der Waals surface area contributed by atoms with Crippen LogP contribution in [0.5, 0.6) is 0 Å². The minimum atomic E-state index is -0.496. The van der Waals surface area contributed by atoms with Gasteiger partial charge in [-0.15, -0.1) is 0 Å². The lowest BCUT2D eigenvalue weighted by molar-refractivity contribution is 0.00532. The van der Waals surface area contributed by atoms with E-state index < -0.39 is 5.60 Å². The largest absolute Gasteiger partial charge is 0.444 e. The van der Waals surface area contributed by atoms with Gasteiger partial charge in [-0.2, -0.15) is 0 Å². The van der Waals surface area contributed by atoms with Crippen LogP contribution in [-0.4, -0.2) is 52.5 Å². The SMILES string of the molecule is CC(C)(C)OC(=O)N(CCNC1(CO)CCCCC1)C(C)(C)C. The number of ether oxygens (including phenoxy) is 1. The van der Waals surface area contributed by atoms with E-state index >= 15 is 0 Å². The van der Waals surface area contributed by atoms with Gasteiger partial charge in [-0.05, 0) is 54.4 Å². The molecule has 0 radical (unpaired) electrons. The molecule has 0 heterocycles. The van der Waals surface area contributed by atoms with Crippen LogP contribution in [0.15, 0.2) is 0 Å². The van der Waals surface area contributed by atoms with Crippen LogP contribution in [0.2, 0.25) is 0 Å². The molecule has 1 aliphatic rings. The Kier molecular flexibility index (Phi) is 6.90. The van der Waals surface area contributed by atoms with E-state index in [0.717, 1.165) is 25.7 Å². The first-order valence-electron chi connectivity index (χ1n) is 8.86. The van der Waals surface area contributed by atoms with Gasteiger partial charge in [-0.1, -0.05) is 19.3 Å². The Morgan fingerprint density at radius 1 is 1.13 bits per heavy atom. The molecule has 1 saturated carbocycles. The summed E-state index contributed by atoms with van der Waals surface area (Å²) in [6, 6.07) is 0. The predicted octanol–water partition coefficient (Wildman–Crippen LogP) is 3.31. The van der Waals surface area contributed by atoms with E-state index in [1.165, 1.54) is 6.42 Å². The summed E-state index contributed by atoms with van der Waals surface area (Å²) < 4.78 is 5.53. The molecule has 0 saturated heterocycles. The van der Waals surface area contributed by atoms with Crippen LogP contribution in [0, 0.1) is 0 Å². The lowest BCUT2D eigenvalue weighted by atomic mass is 9.82. The number of nitrogens with one attached hydrogen (secondary N) is 1. The van der Waals surface area contributed by atoms with Crippen LogP contribution < -0.4 is 5.32 Å². The summed E-state index contributed by atoms with van der Waals surface area (Å²) in [5.41, 5.74) is -0.970. The van der Waals surface area contributed by atoms with Crippen molar-refractivity contribution in [2.75, 3.05) is 19.7 Å². The van der Waals surface area contributed by atoms with Crippen LogP contribution in [0.4, 0.5) is 4.79 Å². The number of carbonyl (C=O) groups is 1. The number of aliphatic hydroxyl groups is 1. The molecule has 1 aliphatic carbocycles. The van der Waals surface area contributed by atoms with Crippen molar-refractivity contribution in [3.05, 3.63) is 0 Å². The standard InChI is InChI=1S/C18H36N2O3/c1-16(2,3)20(15(22)23-17(4,5)6)13-12-19-18(14-21)10-8-7-9-11-18/h19,21H,7-14H2,1-6H3. The van der Waals surface area contributed by atoms with Gasteiger partial charge in [0.15, 0.2) is 0 Å². The van der Waals surface area contributed by atoms with Gasteiger partial charge in [0.1, 0.15) is 5.60 Å². The second-order valence-corrected chi connectivity index (χ2v) is 8.73. The Hall–Kier alpha value is -0.810. The molecular weight excluding hydrogens is 292 g/mol. The number of rotatable bonds is 5. The minimum Gasteiger partial charge on any atom is -0.444 e. The van der Waals surface area contributed by atoms with Crippen molar-refractivity contribution in [3.8, 4) is 0 Å². The molecule has 1 amide bonds. The zero-order chi connectivity index (χ0) is 17.7. The Morgan fingerprint density at radius 3 is 2.13 bits per heavy atom. The first kappa shape index (κ1) is 20.2. The van der Waals surface area contributed by atoms with Crippen molar-refractivity contribution < 1.29 is 14.6 Å². The molecule has 0 aromatic carbocycles. The van der Waals surface area contributed by atoms with Crippen molar-refractivity contribution in [1.29, 1.82) is 0 Å². The van der Waals surface area contributed by atoms with E-state index in [4.69, 9.17) is 4.74 Å². The molecule has 2 N–H and O–H groups in total. The first-order valence-corrected chi connectivity index (χ1v) is 8.86. The molecule has 1 rings (SSSR count). The van der Waals surface area contributed by atoms with Crippen molar-refractivity contribution in [1.82, 2.24) is 10.2 Å². The third-order valence-electron chi connectivity index (χ3n) is 4.37. The molecule has 5 heteroatoms. The Balaban J connectivity index is 2.63. The molecule has 5 nitrogen and oxygen atoms in total. The van der Waals surface area contributed by atoms with Crippen LogP contribution in [0.1, 0.15) is 73.6 Å². The Labute approximate surface area is 141 Å². The molecule has 0 aromatic heterocycles. The van der Waals surface area contributed by atoms with Crippen molar-refractivity contribution in [2.24, 2.45) is 0 Å². The third kappa shape index (κ3) is 6.68. The molecule has 0 aromatic rings. The first-order chi connectivity index (χ1) is 10.5. The van der Waals surface area contributed by atoms with Gasteiger partial charge in [0.2, 0.25) is 0 Å². The molecule has 0 unspecified atom stereocenters. The maximum absolute atomic E-state index is 12.5. The molecule has 23 heavy (non-hydrogen) atoms. The fourth-order valence-corrected chi connectivity index (χ4v) is 3.07. The molecular formula is C18H36N2O3. The zero-order valence-electron chi connectivity index (χ0n) is 15.9. The lowest BCUT2D eigenvalue weighted by Gasteiger charge is -2.40. The highest BCUT2D eigenvalue weighted by Gasteiger charge is 2.33. The number of carbonyl (C=O) groups excluding carboxylic acids is 1. The maximum Gasteiger partial charge on any atom is 0.410 e. The highest BCUT2D eigenvalue weighted by Crippen LogP contribution is 2.27. The van der Waals surface area contributed by atoms with Crippen LogP contribution in [0.25, 0.3) is 0 Å². The van der Waals surface area contributed by atoms with Gasteiger partial charge in [0.25, 0.3) is 0 Å². The van der Waals surface area contributed by atoms with Crippen molar-refractivity contribution in [2.45, 2.75) is 90.3 Å². The molecule has 0 aliphatic heterocycles. The van der Waals surface area contributed by atoms with E-state index in [2.05, 4.69) is 5.32 Å². The quantitative estimate of drug-likeness (QED) is 0.813. The Bertz CT molecular complexity index is 377. The van der Waals surface area contributed by atoms with Crippen molar-refractivity contribution in [3.63, 3.8) is 0 Å². The number of hydrogen-bond acceptors (Lipinski definition) is 4. The van der Waals surface area contributed by atoms with E-state index in [9.17, 15) is 9.90 Å². The highest BCUT2D eigenvalue weighted by molar-refractivity contribution is 5.69. The van der Waals surface area contributed by atoms with Gasteiger partial charge >= 0.3 is 6.09 Å². The van der Waals surface area contributed by atoms with Gasteiger partial charge < -0.3 is 20.1 Å². The maximum atomic E-state index is 12.5. The fourth-order valence-electron chi connectivity index (χ4n) is 3.07. The number of aliphatic hydroxyl groups excluding tert-OH is 1. The predicted molar refractivity (Wildman–Crippen MR) is 93.6 cm³/mol.